The lowest BCUT2D eigenvalue weighted by Gasteiger charge is -2.42. The standard InChI is InChI=1S/C16H25N7O8/c1-19-4-8(25)20-6(5-24)14(29)22-9-10(26)11(27)15(31-12(9)13(18)28)23-3-2-7(17)21-16(23)30/h2-3,6,9-12,15,19,24,26-27H,4-5H2,1H3,(H2,18,28)(H,20,25)(H,22,29)(H2,17,21,30)/t6-,9+,10+,11+,12+,15-/m1/s1. The molecule has 1 aliphatic rings. The molecule has 0 saturated carbocycles. The molecule has 15 nitrogen and oxygen atoms in total. The fourth-order valence-corrected chi connectivity index (χ4v) is 3.00. The van der Waals surface area contributed by atoms with Gasteiger partial charge in [0.2, 0.25) is 17.7 Å². The Labute approximate surface area is 175 Å². The summed E-state index contributed by atoms with van der Waals surface area (Å²) in [5, 5.41) is 37.4. The van der Waals surface area contributed by atoms with E-state index in [1.807, 2.05) is 0 Å². The zero-order chi connectivity index (χ0) is 23.3. The van der Waals surface area contributed by atoms with E-state index in [9.17, 15) is 34.5 Å². The van der Waals surface area contributed by atoms with Gasteiger partial charge in [-0.1, -0.05) is 0 Å². The number of anilines is 1. The minimum Gasteiger partial charge on any atom is -0.394 e. The number of aliphatic hydroxyl groups is 3. The molecule has 3 amide bonds. The van der Waals surface area contributed by atoms with Crippen LogP contribution < -0.4 is 33.1 Å². The highest BCUT2D eigenvalue weighted by molar-refractivity contribution is 5.89. The topological polar surface area (TPSA) is 244 Å². The predicted molar refractivity (Wildman–Crippen MR) is 103 cm³/mol. The molecule has 2 rings (SSSR count). The number of nitrogens with zero attached hydrogens (tertiary/aromatic N) is 2. The molecule has 31 heavy (non-hydrogen) atoms. The molecule has 0 aromatic carbocycles. The number of hydrogen-bond donors (Lipinski definition) is 8. The van der Waals surface area contributed by atoms with Crippen LogP contribution in [0.1, 0.15) is 6.23 Å². The highest BCUT2D eigenvalue weighted by Crippen LogP contribution is 2.27. The van der Waals surface area contributed by atoms with Crippen LogP contribution in [-0.2, 0) is 19.1 Å². The van der Waals surface area contributed by atoms with Crippen molar-refractivity contribution in [3.05, 3.63) is 22.7 Å². The van der Waals surface area contributed by atoms with E-state index in [2.05, 4.69) is 20.9 Å². The number of primary amides is 1. The zero-order valence-electron chi connectivity index (χ0n) is 16.5. The lowest BCUT2D eigenvalue weighted by molar-refractivity contribution is -0.212. The van der Waals surface area contributed by atoms with Crippen molar-refractivity contribution in [3.63, 3.8) is 0 Å². The molecule has 0 radical (unpaired) electrons. The molecule has 0 aliphatic carbocycles. The van der Waals surface area contributed by atoms with Crippen LogP contribution in [0.4, 0.5) is 5.82 Å². The summed E-state index contributed by atoms with van der Waals surface area (Å²) in [6, 6.07) is -1.74. The molecule has 15 heteroatoms. The highest BCUT2D eigenvalue weighted by atomic mass is 16.5. The lowest BCUT2D eigenvalue weighted by atomic mass is 9.94. The van der Waals surface area contributed by atoms with Gasteiger partial charge in [0.25, 0.3) is 0 Å². The molecule has 0 spiro atoms. The first kappa shape index (κ1) is 24.2. The van der Waals surface area contributed by atoms with Crippen LogP contribution in [0.2, 0.25) is 0 Å². The maximum Gasteiger partial charge on any atom is 0.351 e. The maximum absolute atomic E-state index is 12.5. The predicted octanol–water partition coefficient (Wildman–Crippen LogP) is -5.89. The monoisotopic (exact) mass is 443 g/mol. The molecular formula is C16H25N7O8. The fraction of sp³-hybridized carbons (Fsp3) is 0.562. The number of nitrogens with two attached hydrogens (primary N) is 2. The van der Waals surface area contributed by atoms with Gasteiger partial charge in [-0.2, -0.15) is 4.98 Å². The number of aromatic nitrogens is 2. The Bertz CT molecular complexity index is 878. The second-order valence-corrected chi connectivity index (χ2v) is 6.74. The van der Waals surface area contributed by atoms with Crippen LogP contribution in [0, 0.1) is 0 Å². The molecule has 1 aromatic heterocycles. The number of rotatable bonds is 8. The molecule has 10 N–H and O–H groups in total. The first-order valence-electron chi connectivity index (χ1n) is 9.11. The molecule has 1 aliphatic heterocycles. The van der Waals surface area contributed by atoms with Crippen molar-refractivity contribution in [2.24, 2.45) is 5.73 Å². The van der Waals surface area contributed by atoms with Gasteiger partial charge in [-0.15, -0.1) is 0 Å². The van der Waals surface area contributed by atoms with Gasteiger partial charge in [0.15, 0.2) is 12.3 Å². The number of aliphatic hydroxyl groups excluding tert-OH is 3. The normalized spacial score (nSPS) is 26.6. The van der Waals surface area contributed by atoms with E-state index in [0.717, 1.165) is 10.8 Å². The quantitative estimate of drug-likeness (QED) is 0.188. The second kappa shape index (κ2) is 10.3. The number of carbonyl (C=O) groups excluding carboxylic acids is 3. The van der Waals surface area contributed by atoms with E-state index in [0.29, 0.717) is 0 Å². The molecule has 2 heterocycles. The van der Waals surface area contributed by atoms with Gasteiger partial charge in [-0.25, -0.2) is 4.79 Å². The SMILES string of the molecule is CNCC(=O)N[C@H](CO)C(=O)N[C@H]1[C@H](O)[C@H](O)[C@H](n2ccc(N)nc2=O)O[C@@H]1C(N)=O. The van der Waals surface area contributed by atoms with Crippen LogP contribution in [-0.4, -0.2) is 93.2 Å². The van der Waals surface area contributed by atoms with Gasteiger partial charge in [-0.3, -0.25) is 19.0 Å². The molecule has 6 atom stereocenters. The van der Waals surface area contributed by atoms with Crippen LogP contribution in [0.15, 0.2) is 17.1 Å². The summed E-state index contributed by atoms with van der Waals surface area (Å²) in [6.45, 7) is -0.919. The van der Waals surface area contributed by atoms with Crippen molar-refractivity contribution in [1.29, 1.82) is 0 Å². The van der Waals surface area contributed by atoms with E-state index in [-0.39, 0.29) is 12.4 Å². The summed E-state index contributed by atoms with van der Waals surface area (Å²) in [6.07, 6.45) is -5.72. The van der Waals surface area contributed by atoms with E-state index >= 15 is 0 Å². The highest BCUT2D eigenvalue weighted by Gasteiger charge is 2.49. The Hall–Kier alpha value is -3.11. The fourth-order valence-electron chi connectivity index (χ4n) is 3.00. The summed E-state index contributed by atoms with van der Waals surface area (Å²) in [7, 11) is 1.50. The molecule has 0 unspecified atom stereocenters. The molecule has 172 valence electrons. The van der Waals surface area contributed by atoms with Crippen LogP contribution >= 0.6 is 0 Å². The number of nitrogen functional groups attached to an aromatic ring is 1. The van der Waals surface area contributed by atoms with Gasteiger partial charge in [-0.05, 0) is 13.1 Å². The van der Waals surface area contributed by atoms with Crippen molar-refractivity contribution in [1.82, 2.24) is 25.5 Å². The van der Waals surface area contributed by atoms with Crippen molar-refractivity contribution >= 4 is 23.5 Å². The number of ether oxygens (including phenoxy) is 1. The van der Waals surface area contributed by atoms with Crippen molar-refractivity contribution in [2.75, 3.05) is 25.9 Å². The number of nitrogens with one attached hydrogen (secondary N) is 3. The van der Waals surface area contributed by atoms with Gasteiger partial charge in [0, 0.05) is 6.20 Å². The maximum atomic E-state index is 12.5. The van der Waals surface area contributed by atoms with Gasteiger partial charge >= 0.3 is 5.69 Å². The van der Waals surface area contributed by atoms with E-state index in [1.54, 1.807) is 0 Å². The summed E-state index contributed by atoms with van der Waals surface area (Å²) in [5.41, 5.74) is 9.81. The molecule has 1 fully saturated rings. The average molecular weight is 443 g/mol. The summed E-state index contributed by atoms with van der Waals surface area (Å²) < 4.78 is 6.21. The van der Waals surface area contributed by atoms with E-state index in [4.69, 9.17) is 16.2 Å². The third-order valence-corrected chi connectivity index (χ3v) is 4.51. The minimum atomic E-state index is -1.82. The summed E-state index contributed by atoms with van der Waals surface area (Å²) in [5.74, 6) is -2.78. The van der Waals surface area contributed by atoms with Crippen molar-refractivity contribution < 1.29 is 34.4 Å². The third-order valence-electron chi connectivity index (χ3n) is 4.51. The van der Waals surface area contributed by atoms with Gasteiger partial charge in [0.05, 0.1) is 19.2 Å². The first-order chi connectivity index (χ1) is 14.6. The molecular weight excluding hydrogens is 418 g/mol. The second-order valence-electron chi connectivity index (χ2n) is 6.74. The first-order valence-corrected chi connectivity index (χ1v) is 9.11. The van der Waals surface area contributed by atoms with Crippen molar-refractivity contribution in [2.45, 2.75) is 36.6 Å². The summed E-state index contributed by atoms with van der Waals surface area (Å²) in [4.78, 5) is 51.6. The van der Waals surface area contributed by atoms with Crippen LogP contribution in [0.3, 0.4) is 0 Å². The van der Waals surface area contributed by atoms with Gasteiger partial charge in [0.1, 0.15) is 24.1 Å². The number of likely N-dealkylation sites (N-methyl/N-ethyl adjacent to an activating group) is 1. The Morgan fingerprint density at radius 1 is 1.32 bits per heavy atom. The Morgan fingerprint density at radius 2 is 2.00 bits per heavy atom. The van der Waals surface area contributed by atoms with Crippen molar-refractivity contribution in [3.8, 4) is 0 Å². The summed E-state index contributed by atoms with van der Waals surface area (Å²) >= 11 is 0. The molecule has 1 saturated heterocycles. The van der Waals surface area contributed by atoms with Crippen LogP contribution in [0.5, 0.6) is 0 Å². The van der Waals surface area contributed by atoms with Crippen LogP contribution in [0.25, 0.3) is 0 Å². The van der Waals surface area contributed by atoms with E-state index in [1.165, 1.54) is 13.1 Å². The lowest BCUT2D eigenvalue weighted by Crippen LogP contribution is -2.67. The number of carbonyl (C=O) groups is 3. The Kier molecular flexibility index (Phi) is 8.01. The third kappa shape index (κ3) is 5.53. The average Bonchev–Trinajstić information content (AvgIpc) is 2.70. The van der Waals surface area contributed by atoms with E-state index < -0.39 is 66.6 Å². The van der Waals surface area contributed by atoms with Gasteiger partial charge < -0.3 is 47.5 Å². The molecule has 1 aromatic rings. The Morgan fingerprint density at radius 3 is 2.55 bits per heavy atom. The number of amides is 3. The minimum absolute atomic E-state index is 0.0981. The Balaban J connectivity index is 2.24. The largest absolute Gasteiger partial charge is 0.394 e. The zero-order valence-corrected chi connectivity index (χ0v) is 16.5. The number of hydrogen-bond acceptors (Lipinski definition) is 11. The molecule has 0 bridgehead atoms. The smallest absolute Gasteiger partial charge is 0.351 e.